The first kappa shape index (κ1) is 15.6. The van der Waals surface area contributed by atoms with E-state index in [0.717, 1.165) is 22.5 Å². The molecule has 0 spiro atoms. The summed E-state index contributed by atoms with van der Waals surface area (Å²) >= 11 is 3.64. The molecule has 2 unspecified atom stereocenters. The van der Waals surface area contributed by atoms with Crippen LogP contribution in [0.2, 0.25) is 0 Å². The van der Waals surface area contributed by atoms with Gasteiger partial charge in [-0.05, 0) is 44.0 Å². The Hall–Kier alpha value is -0.780. The van der Waals surface area contributed by atoms with E-state index in [4.69, 9.17) is 15.2 Å². The van der Waals surface area contributed by atoms with E-state index in [1.807, 2.05) is 12.1 Å². The molecule has 0 saturated carbocycles. The van der Waals surface area contributed by atoms with Crippen molar-refractivity contribution >= 4 is 15.9 Å². The van der Waals surface area contributed by atoms with Crippen LogP contribution in [0.5, 0.6) is 11.5 Å². The summed E-state index contributed by atoms with van der Waals surface area (Å²) in [6.45, 7) is 3.96. The molecule has 5 heteroatoms. The summed E-state index contributed by atoms with van der Waals surface area (Å²) in [6.07, 6.45) is 2.48. The average Bonchev–Trinajstić information content (AvgIpc) is 2.87. The summed E-state index contributed by atoms with van der Waals surface area (Å²) in [5, 5.41) is 0. The molecule has 2 N–H and O–H groups in total. The SMILES string of the molecule is COc1cc(Br)c(C(CN)N2CCCC2C)cc1OC. The quantitative estimate of drug-likeness (QED) is 0.893. The first-order valence-corrected chi connectivity index (χ1v) is 7.78. The van der Waals surface area contributed by atoms with Gasteiger partial charge in [0, 0.05) is 23.1 Å². The molecule has 0 aromatic heterocycles. The van der Waals surface area contributed by atoms with E-state index in [2.05, 4.69) is 27.8 Å². The van der Waals surface area contributed by atoms with E-state index in [0.29, 0.717) is 12.6 Å². The van der Waals surface area contributed by atoms with Gasteiger partial charge in [0.15, 0.2) is 11.5 Å². The van der Waals surface area contributed by atoms with Crippen LogP contribution in [-0.2, 0) is 0 Å². The lowest BCUT2D eigenvalue weighted by Crippen LogP contribution is -2.36. The highest BCUT2D eigenvalue weighted by atomic mass is 79.9. The second kappa shape index (κ2) is 6.78. The summed E-state index contributed by atoms with van der Waals surface area (Å²) in [7, 11) is 3.30. The number of methoxy groups -OCH3 is 2. The number of ether oxygens (including phenoxy) is 2. The van der Waals surface area contributed by atoms with Gasteiger partial charge in [0.2, 0.25) is 0 Å². The topological polar surface area (TPSA) is 47.7 Å². The molecule has 112 valence electrons. The number of hydrogen-bond acceptors (Lipinski definition) is 4. The Bertz CT molecular complexity index is 467. The Morgan fingerprint density at radius 3 is 2.50 bits per heavy atom. The van der Waals surface area contributed by atoms with Gasteiger partial charge in [0.1, 0.15) is 0 Å². The second-order valence-electron chi connectivity index (χ2n) is 5.21. The highest BCUT2D eigenvalue weighted by Crippen LogP contribution is 2.39. The van der Waals surface area contributed by atoms with E-state index < -0.39 is 0 Å². The van der Waals surface area contributed by atoms with Crippen LogP contribution in [0.25, 0.3) is 0 Å². The van der Waals surface area contributed by atoms with Gasteiger partial charge in [-0.15, -0.1) is 0 Å². The zero-order chi connectivity index (χ0) is 14.7. The number of halogens is 1. The molecule has 1 aliphatic rings. The molecule has 2 atom stereocenters. The molecule has 0 aliphatic carbocycles. The molecule has 2 rings (SSSR count). The molecule has 0 amide bonds. The predicted octanol–water partition coefficient (Wildman–Crippen LogP) is 2.95. The molecular formula is C15H23BrN2O2. The van der Waals surface area contributed by atoms with Crippen LogP contribution in [0.15, 0.2) is 16.6 Å². The van der Waals surface area contributed by atoms with Gasteiger partial charge in [0.25, 0.3) is 0 Å². The normalized spacial score (nSPS) is 20.9. The second-order valence-corrected chi connectivity index (χ2v) is 6.06. The van der Waals surface area contributed by atoms with E-state index in [9.17, 15) is 0 Å². The van der Waals surface area contributed by atoms with Crippen molar-refractivity contribution in [2.75, 3.05) is 27.3 Å². The number of rotatable bonds is 5. The summed E-state index contributed by atoms with van der Waals surface area (Å²) in [5.41, 5.74) is 7.21. The number of nitrogens with zero attached hydrogens (tertiary/aromatic N) is 1. The molecule has 0 bridgehead atoms. The first-order valence-electron chi connectivity index (χ1n) is 6.99. The highest BCUT2D eigenvalue weighted by molar-refractivity contribution is 9.10. The Balaban J connectivity index is 2.38. The van der Waals surface area contributed by atoms with Crippen molar-refractivity contribution in [1.82, 2.24) is 4.90 Å². The smallest absolute Gasteiger partial charge is 0.161 e. The highest BCUT2D eigenvalue weighted by Gasteiger charge is 2.29. The molecule has 4 nitrogen and oxygen atoms in total. The molecule has 0 radical (unpaired) electrons. The van der Waals surface area contributed by atoms with Crippen LogP contribution in [0.4, 0.5) is 0 Å². The van der Waals surface area contributed by atoms with E-state index >= 15 is 0 Å². The summed E-state index contributed by atoms with van der Waals surface area (Å²) in [6, 6.07) is 4.77. The van der Waals surface area contributed by atoms with Crippen molar-refractivity contribution in [2.24, 2.45) is 5.73 Å². The average molecular weight is 343 g/mol. The van der Waals surface area contributed by atoms with Crippen LogP contribution >= 0.6 is 15.9 Å². The van der Waals surface area contributed by atoms with Crippen LogP contribution in [0, 0.1) is 0 Å². The van der Waals surface area contributed by atoms with Gasteiger partial charge >= 0.3 is 0 Å². The van der Waals surface area contributed by atoms with Gasteiger partial charge in [0.05, 0.1) is 14.2 Å². The minimum absolute atomic E-state index is 0.210. The lowest BCUT2D eigenvalue weighted by molar-refractivity contribution is 0.194. The number of likely N-dealkylation sites (tertiary alicyclic amines) is 1. The summed E-state index contributed by atoms with van der Waals surface area (Å²) in [4.78, 5) is 2.48. The Kier molecular flexibility index (Phi) is 5.29. The zero-order valence-corrected chi connectivity index (χ0v) is 13.9. The minimum atomic E-state index is 0.210. The van der Waals surface area contributed by atoms with E-state index in [-0.39, 0.29) is 6.04 Å². The van der Waals surface area contributed by atoms with Crippen molar-refractivity contribution in [3.63, 3.8) is 0 Å². The largest absolute Gasteiger partial charge is 0.493 e. The molecule has 1 heterocycles. The monoisotopic (exact) mass is 342 g/mol. The van der Waals surface area contributed by atoms with E-state index in [1.165, 1.54) is 18.4 Å². The minimum Gasteiger partial charge on any atom is -0.493 e. The number of nitrogens with two attached hydrogens (primary N) is 1. The fourth-order valence-electron chi connectivity index (χ4n) is 2.98. The van der Waals surface area contributed by atoms with Crippen LogP contribution in [0.1, 0.15) is 31.4 Å². The predicted molar refractivity (Wildman–Crippen MR) is 84.4 cm³/mol. The van der Waals surface area contributed by atoms with Gasteiger partial charge in [-0.2, -0.15) is 0 Å². The Morgan fingerprint density at radius 2 is 2.00 bits per heavy atom. The standard InChI is InChI=1S/C15H23BrN2O2/c1-10-5-4-6-18(10)13(9-17)11-7-14(19-2)15(20-3)8-12(11)16/h7-8,10,13H,4-6,9,17H2,1-3H3. The van der Waals surface area contributed by atoms with Crippen molar-refractivity contribution in [3.8, 4) is 11.5 Å². The van der Waals surface area contributed by atoms with Gasteiger partial charge < -0.3 is 15.2 Å². The van der Waals surface area contributed by atoms with Gasteiger partial charge in [-0.25, -0.2) is 0 Å². The molecule has 20 heavy (non-hydrogen) atoms. The van der Waals surface area contributed by atoms with Crippen LogP contribution < -0.4 is 15.2 Å². The van der Waals surface area contributed by atoms with Crippen molar-refractivity contribution in [3.05, 3.63) is 22.2 Å². The van der Waals surface area contributed by atoms with Gasteiger partial charge in [-0.1, -0.05) is 15.9 Å². The Labute approximate surface area is 129 Å². The van der Waals surface area contributed by atoms with Crippen LogP contribution in [0.3, 0.4) is 0 Å². The zero-order valence-electron chi connectivity index (χ0n) is 12.4. The third-order valence-electron chi connectivity index (χ3n) is 4.09. The fraction of sp³-hybridized carbons (Fsp3) is 0.600. The molecule has 1 aromatic rings. The lowest BCUT2D eigenvalue weighted by Gasteiger charge is -2.32. The number of hydrogen-bond donors (Lipinski definition) is 1. The van der Waals surface area contributed by atoms with E-state index in [1.54, 1.807) is 14.2 Å². The van der Waals surface area contributed by atoms with Crippen molar-refractivity contribution < 1.29 is 9.47 Å². The molecule has 1 aromatic carbocycles. The summed E-state index contributed by atoms with van der Waals surface area (Å²) < 4.78 is 11.8. The maximum absolute atomic E-state index is 6.04. The maximum Gasteiger partial charge on any atom is 0.161 e. The number of benzene rings is 1. The third-order valence-corrected chi connectivity index (χ3v) is 4.78. The van der Waals surface area contributed by atoms with Crippen LogP contribution in [-0.4, -0.2) is 38.3 Å². The first-order chi connectivity index (χ1) is 9.62. The Morgan fingerprint density at radius 1 is 1.35 bits per heavy atom. The fourth-order valence-corrected chi connectivity index (χ4v) is 3.57. The van der Waals surface area contributed by atoms with Gasteiger partial charge in [-0.3, -0.25) is 4.90 Å². The molecule has 1 fully saturated rings. The van der Waals surface area contributed by atoms with Crippen molar-refractivity contribution in [1.29, 1.82) is 0 Å². The summed E-state index contributed by atoms with van der Waals surface area (Å²) in [5.74, 6) is 1.48. The van der Waals surface area contributed by atoms with Crippen molar-refractivity contribution in [2.45, 2.75) is 31.8 Å². The lowest BCUT2D eigenvalue weighted by atomic mass is 10.0. The molecular weight excluding hydrogens is 320 g/mol. The third kappa shape index (κ3) is 2.95. The molecule has 1 aliphatic heterocycles. The maximum atomic E-state index is 6.04. The molecule has 1 saturated heterocycles.